The van der Waals surface area contributed by atoms with Gasteiger partial charge in [0.1, 0.15) is 6.17 Å². The van der Waals surface area contributed by atoms with Crippen LogP contribution >= 0.6 is 0 Å². The third-order valence-corrected chi connectivity index (χ3v) is 1.02. The van der Waals surface area contributed by atoms with Gasteiger partial charge < -0.3 is 11.1 Å². The van der Waals surface area contributed by atoms with E-state index in [0.717, 1.165) is 0 Å². The van der Waals surface area contributed by atoms with E-state index in [9.17, 15) is 14.4 Å². The second-order valence-corrected chi connectivity index (χ2v) is 1.77. The minimum Gasteiger partial charge on any atom is -0.315 e. The lowest BCUT2D eigenvalue weighted by Gasteiger charge is -2.16. The van der Waals surface area contributed by atoms with Crippen molar-refractivity contribution in [1.29, 1.82) is 0 Å². The van der Waals surface area contributed by atoms with Gasteiger partial charge >= 0.3 is 6.03 Å². The van der Waals surface area contributed by atoms with E-state index in [2.05, 4.69) is 0 Å². The van der Waals surface area contributed by atoms with Crippen molar-refractivity contribution in [3.63, 3.8) is 0 Å². The summed E-state index contributed by atoms with van der Waals surface area (Å²) in [5.74, 6) is -1.80. The normalized spacial score (nSPS) is 25.7. The summed E-state index contributed by atoms with van der Waals surface area (Å²) in [6, 6.07) is -0.739. The highest BCUT2D eigenvalue weighted by molar-refractivity contribution is 6.42. The second-order valence-electron chi connectivity index (χ2n) is 1.77. The van der Waals surface area contributed by atoms with E-state index in [1.54, 1.807) is 5.32 Å². The molecule has 1 fully saturated rings. The first-order valence-electron chi connectivity index (χ1n) is 2.52. The summed E-state index contributed by atoms with van der Waals surface area (Å²) in [5.41, 5.74) is 5.02. The number of Topliss-reactive ketones (excluding diaryl/α,β-unsaturated/α-hetero) is 1. The van der Waals surface area contributed by atoms with Gasteiger partial charge in [0.05, 0.1) is 0 Å². The molecule has 0 spiro atoms. The van der Waals surface area contributed by atoms with Gasteiger partial charge in [-0.2, -0.15) is 0 Å². The van der Waals surface area contributed by atoms with Crippen LogP contribution in [0.15, 0.2) is 0 Å². The molecule has 54 valence electrons. The Labute approximate surface area is 55.8 Å². The first-order chi connectivity index (χ1) is 4.61. The van der Waals surface area contributed by atoms with Crippen LogP contribution in [0.2, 0.25) is 0 Å². The molecule has 4 N–H and O–H groups in total. The fourth-order valence-corrected chi connectivity index (χ4v) is 0.549. The first kappa shape index (κ1) is 6.69. The van der Waals surface area contributed by atoms with Crippen LogP contribution in [0.25, 0.3) is 0 Å². The molecule has 1 aliphatic rings. The van der Waals surface area contributed by atoms with Gasteiger partial charge in [-0.05, 0) is 0 Å². The molecule has 0 aromatic rings. The molecule has 1 saturated heterocycles. The Balaban J connectivity index is 2.76. The zero-order chi connectivity index (χ0) is 7.72. The number of ketones is 1. The van der Waals surface area contributed by atoms with Crippen molar-refractivity contribution in [3.05, 3.63) is 0 Å². The number of urea groups is 1. The summed E-state index contributed by atoms with van der Waals surface area (Å²) in [5, 5.41) is 3.76. The molecule has 1 heterocycles. The van der Waals surface area contributed by atoms with Crippen LogP contribution in [0.3, 0.4) is 0 Å². The molecule has 0 aromatic carbocycles. The molecular formula is C4H5N3O3. The van der Waals surface area contributed by atoms with E-state index < -0.39 is 23.9 Å². The van der Waals surface area contributed by atoms with Gasteiger partial charge in [-0.3, -0.25) is 14.9 Å². The van der Waals surface area contributed by atoms with Crippen LogP contribution < -0.4 is 16.4 Å². The third-order valence-electron chi connectivity index (χ3n) is 1.02. The monoisotopic (exact) mass is 143 g/mol. The SMILES string of the molecule is NC1NC(=O)NC(=O)C1=O. The Kier molecular flexibility index (Phi) is 1.38. The summed E-state index contributed by atoms with van der Waals surface area (Å²) in [7, 11) is 0. The van der Waals surface area contributed by atoms with E-state index in [0.29, 0.717) is 0 Å². The van der Waals surface area contributed by atoms with Crippen molar-refractivity contribution in [2.45, 2.75) is 6.17 Å². The van der Waals surface area contributed by atoms with Gasteiger partial charge in [0.25, 0.3) is 11.7 Å². The van der Waals surface area contributed by atoms with Crippen LogP contribution in [0.4, 0.5) is 4.79 Å². The van der Waals surface area contributed by atoms with Gasteiger partial charge in [-0.1, -0.05) is 0 Å². The van der Waals surface area contributed by atoms with Crippen LogP contribution in [-0.4, -0.2) is 23.9 Å². The zero-order valence-electron chi connectivity index (χ0n) is 4.88. The largest absolute Gasteiger partial charge is 0.323 e. The van der Waals surface area contributed by atoms with Crippen molar-refractivity contribution in [3.8, 4) is 0 Å². The van der Waals surface area contributed by atoms with Crippen molar-refractivity contribution in [2.75, 3.05) is 0 Å². The smallest absolute Gasteiger partial charge is 0.315 e. The molecule has 0 bridgehead atoms. The molecule has 0 aliphatic carbocycles. The number of amides is 3. The van der Waals surface area contributed by atoms with Gasteiger partial charge in [0.15, 0.2) is 0 Å². The van der Waals surface area contributed by atoms with Gasteiger partial charge in [-0.25, -0.2) is 4.79 Å². The van der Waals surface area contributed by atoms with Crippen LogP contribution in [-0.2, 0) is 9.59 Å². The van der Waals surface area contributed by atoms with E-state index in [1.165, 1.54) is 0 Å². The number of carbonyl (C=O) groups excluding carboxylic acids is 3. The second kappa shape index (κ2) is 2.07. The molecule has 0 saturated carbocycles. The quantitative estimate of drug-likeness (QED) is 0.331. The predicted molar refractivity (Wildman–Crippen MR) is 29.7 cm³/mol. The molecular weight excluding hydrogens is 138 g/mol. The van der Waals surface area contributed by atoms with Crippen molar-refractivity contribution >= 4 is 17.7 Å². The molecule has 6 heteroatoms. The summed E-state index contributed by atoms with van der Waals surface area (Å²) in [4.78, 5) is 31.3. The lowest BCUT2D eigenvalue weighted by Crippen LogP contribution is -2.62. The van der Waals surface area contributed by atoms with E-state index >= 15 is 0 Å². The van der Waals surface area contributed by atoms with Gasteiger partial charge in [0.2, 0.25) is 0 Å². The Bertz CT molecular complexity index is 212. The summed E-state index contributed by atoms with van der Waals surface area (Å²) in [6.07, 6.45) is -1.19. The number of nitrogens with two attached hydrogens (primary N) is 1. The Morgan fingerprint density at radius 2 is 1.90 bits per heavy atom. The number of hydrogen-bond acceptors (Lipinski definition) is 4. The molecule has 6 nitrogen and oxygen atoms in total. The maximum Gasteiger partial charge on any atom is 0.323 e. The maximum absolute atomic E-state index is 10.5. The maximum atomic E-state index is 10.5. The Hall–Kier alpha value is -1.43. The Morgan fingerprint density at radius 3 is 2.40 bits per heavy atom. The topological polar surface area (TPSA) is 101 Å². The molecule has 0 radical (unpaired) electrons. The van der Waals surface area contributed by atoms with Crippen LogP contribution in [0.1, 0.15) is 0 Å². The van der Waals surface area contributed by atoms with Crippen molar-refractivity contribution in [2.24, 2.45) is 5.73 Å². The summed E-state index contributed by atoms with van der Waals surface area (Å²) >= 11 is 0. The standard InChI is InChI=1S/C4H5N3O3/c5-2-1(8)3(9)7-4(10)6-2/h2H,5H2,(H2,6,7,9,10). The Morgan fingerprint density at radius 1 is 1.30 bits per heavy atom. The van der Waals surface area contributed by atoms with Crippen molar-refractivity contribution < 1.29 is 14.4 Å². The molecule has 1 aliphatic heterocycles. The average molecular weight is 143 g/mol. The van der Waals surface area contributed by atoms with Crippen molar-refractivity contribution in [1.82, 2.24) is 10.6 Å². The first-order valence-corrected chi connectivity index (χ1v) is 2.52. The third kappa shape index (κ3) is 0.960. The highest BCUT2D eigenvalue weighted by atomic mass is 16.2. The molecule has 1 rings (SSSR count). The van der Waals surface area contributed by atoms with E-state index in [4.69, 9.17) is 5.73 Å². The van der Waals surface area contributed by atoms with E-state index in [1.807, 2.05) is 5.32 Å². The molecule has 10 heavy (non-hydrogen) atoms. The number of nitrogens with one attached hydrogen (secondary N) is 2. The molecule has 1 unspecified atom stereocenters. The van der Waals surface area contributed by atoms with Gasteiger partial charge in [-0.15, -0.1) is 0 Å². The summed E-state index contributed by atoms with van der Waals surface area (Å²) < 4.78 is 0. The minimum atomic E-state index is -1.19. The number of imide groups is 1. The highest BCUT2D eigenvalue weighted by Gasteiger charge is 2.29. The number of hydrogen-bond donors (Lipinski definition) is 3. The average Bonchev–Trinajstić information content (AvgIpc) is 1.82. The van der Waals surface area contributed by atoms with Crippen LogP contribution in [0.5, 0.6) is 0 Å². The molecule has 0 aromatic heterocycles. The highest BCUT2D eigenvalue weighted by Crippen LogP contribution is 1.85. The lowest BCUT2D eigenvalue weighted by atomic mass is 10.2. The fraction of sp³-hybridized carbons (Fsp3) is 0.250. The minimum absolute atomic E-state index is 0.739. The fourth-order valence-electron chi connectivity index (χ4n) is 0.549. The molecule has 3 amide bonds. The zero-order valence-corrected chi connectivity index (χ0v) is 4.88. The van der Waals surface area contributed by atoms with E-state index in [-0.39, 0.29) is 0 Å². The molecule has 1 atom stereocenters. The van der Waals surface area contributed by atoms with Gasteiger partial charge in [0, 0.05) is 0 Å². The van der Waals surface area contributed by atoms with Crippen LogP contribution in [0, 0.1) is 0 Å². The summed E-state index contributed by atoms with van der Waals surface area (Å²) in [6.45, 7) is 0. The number of rotatable bonds is 0. The predicted octanol–water partition coefficient (Wildman–Crippen LogP) is -2.32. The number of carbonyl (C=O) groups is 3. The lowest BCUT2D eigenvalue weighted by molar-refractivity contribution is -0.139.